The van der Waals surface area contributed by atoms with Gasteiger partial charge in [-0.15, -0.1) is 0 Å². The molecule has 1 aromatic carbocycles. The second kappa shape index (κ2) is 5.36. The van der Waals surface area contributed by atoms with Crippen LogP contribution in [0.2, 0.25) is 0 Å². The molecule has 0 unspecified atom stereocenters. The summed E-state index contributed by atoms with van der Waals surface area (Å²) in [6.45, 7) is 4.69. The normalized spacial score (nSPS) is 25.7. The van der Waals surface area contributed by atoms with E-state index < -0.39 is 0 Å². The van der Waals surface area contributed by atoms with Crippen LogP contribution in [0.1, 0.15) is 25.5 Å². The smallest absolute Gasteiger partial charge is 0.239 e. The van der Waals surface area contributed by atoms with Crippen LogP contribution < -0.4 is 0 Å². The highest BCUT2D eigenvalue weighted by Crippen LogP contribution is 2.26. The number of amides is 1. The van der Waals surface area contributed by atoms with Crippen LogP contribution in [0.4, 0.5) is 0 Å². The highest BCUT2D eigenvalue weighted by Gasteiger charge is 2.40. The molecule has 2 atom stereocenters. The Morgan fingerprint density at radius 2 is 2.09 bits per heavy atom. The Morgan fingerprint density at radius 3 is 3.00 bits per heavy atom. The van der Waals surface area contributed by atoms with Crippen LogP contribution in [0.5, 0.6) is 0 Å². The number of rotatable bonds is 2. The number of hydrogen-bond donors (Lipinski definition) is 0. The minimum Gasteiger partial charge on any atom is -0.337 e. The van der Waals surface area contributed by atoms with Gasteiger partial charge in [-0.2, -0.15) is 0 Å². The number of carbonyl (C=O) groups is 1. The molecule has 4 rings (SSSR count). The zero-order valence-corrected chi connectivity index (χ0v) is 12.9. The maximum Gasteiger partial charge on any atom is 0.239 e. The predicted octanol–water partition coefficient (Wildman–Crippen LogP) is 2.43. The van der Waals surface area contributed by atoms with E-state index in [0.29, 0.717) is 6.04 Å². The van der Waals surface area contributed by atoms with Crippen LogP contribution in [-0.2, 0) is 11.3 Å². The van der Waals surface area contributed by atoms with E-state index in [4.69, 9.17) is 4.98 Å². The number of fused-ring (bicyclic) bond motifs is 2. The van der Waals surface area contributed by atoms with Crippen molar-refractivity contribution in [2.45, 2.75) is 38.4 Å². The molecular formula is C18H21N3O. The number of piperazine rings is 1. The van der Waals surface area contributed by atoms with Crippen molar-refractivity contribution in [1.29, 1.82) is 0 Å². The van der Waals surface area contributed by atoms with E-state index in [1.54, 1.807) is 0 Å². The summed E-state index contributed by atoms with van der Waals surface area (Å²) in [5.74, 6) is 0.287. The Hall–Kier alpha value is -1.94. The van der Waals surface area contributed by atoms with Gasteiger partial charge in [0.25, 0.3) is 0 Å². The van der Waals surface area contributed by atoms with Gasteiger partial charge in [0.2, 0.25) is 5.91 Å². The van der Waals surface area contributed by atoms with Gasteiger partial charge in [-0.25, -0.2) is 0 Å². The van der Waals surface area contributed by atoms with Gasteiger partial charge in [0.1, 0.15) is 0 Å². The fourth-order valence-electron chi connectivity index (χ4n) is 3.75. The predicted molar refractivity (Wildman–Crippen MR) is 86.4 cm³/mol. The molecule has 0 aliphatic carbocycles. The molecule has 2 aliphatic rings. The molecule has 2 saturated heterocycles. The minimum atomic E-state index is -0.0392. The molecule has 2 aliphatic heterocycles. The first-order chi connectivity index (χ1) is 10.7. The largest absolute Gasteiger partial charge is 0.337 e. The Kier molecular flexibility index (Phi) is 3.34. The first kappa shape index (κ1) is 13.7. The van der Waals surface area contributed by atoms with Crippen molar-refractivity contribution < 1.29 is 4.79 Å². The molecule has 0 spiro atoms. The highest BCUT2D eigenvalue weighted by molar-refractivity contribution is 5.83. The summed E-state index contributed by atoms with van der Waals surface area (Å²) < 4.78 is 0. The van der Waals surface area contributed by atoms with E-state index in [1.165, 1.54) is 0 Å². The number of para-hydroxylation sites is 1. The number of nitrogens with zero attached hydrogens (tertiary/aromatic N) is 3. The summed E-state index contributed by atoms with van der Waals surface area (Å²) in [5.41, 5.74) is 2.07. The summed E-state index contributed by atoms with van der Waals surface area (Å²) in [4.78, 5) is 21.6. The molecule has 2 aromatic rings. The van der Waals surface area contributed by atoms with E-state index in [0.717, 1.165) is 49.1 Å². The molecule has 2 fully saturated rings. The number of carbonyl (C=O) groups excluding carboxylic acids is 1. The first-order valence-corrected chi connectivity index (χ1v) is 8.11. The monoisotopic (exact) mass is 295 g/mol. The van der Waals surface area contributed by atoms with Crippen LogP contribution in [0.25, 0.3) is 10.9 Å². The lowest BCUT2D eigenvalue weighted by Gasteiger charge is -2.41. The van der Waals surface area contributed by atoms with E-state index in [-0.39, 0.29) is 11.9 Å². The topological polar surface area (TPSA) is 36.4 Å². The van der Waals surface area contributed by atoms with Gasteiger partial charge >= 0.3 is 0 Å². The Balaban J connectivity index is 1.57. The zero-order valence-electron chi connectivity index (χ0n) is 12.9. The highest BCUT2D eigenvalue weighted by atomic mass is 16.2. The minimum absolute atomic E-state index is 0.0392. The third-order valence-corrected chi connectivity index (χ3v) is 5.03. The summed E-state index contributed by atoms with van der Waals surface area (Å²) >= 11 is 0. The molecule has 0 saturated carbocycles. The third-order valence-electron chi connectivity index (χ3n) is 5.03. The molecule has 1 aromatic heterocycles. The standard InChI is InChI=1S/C18H21N3O/c1-13-18(22)21-10-4-6-16(21)12-20(13)11-15-9-8-14-5-2-3-7-17(14)19-15/h2-3,5,7-9,13,16H,4,6,10-12H2,1H3/t13-,16-/m1/s1. The maximum absolute atomic E-state index is 12.5. The van der Waals surface area contributed by atoms with E-state index in [2.05, 4.69) is 28.0 Å². The van der Waals surface area contributed by atoms with Gasteiger partial charge in [-0.1, -0.05) is 24.3 Å². The SMILES string of the molecule is C[C@@H]1C(=O)N2CCC[C@@H]2CN1Cc1ccc2ccccc2n1. The molecule has 4 nitrogen and oxygen atoms in total. The lowest BCUT2D eigenvalue weighted by Crippen LogP contribution is -2.58. The molecule has 22 heavy (non-hydrogen) atoms. The van der Waals surface area contributed by atoms with Crippen molar-refractivity contribution in [2.24, 2.45) is 0 Å². The molecular weight excluding hydrogens is 274 g/mol. The van der Waals surface area contributed by atoms with E-state index in [9.17, 15) is 4.79 Å². The van der Waals surface area contributed by atoms with Crippen molar-refractivity contribution in [3.63, 3.8) is 0 Å². The van der Waals surface area contributed by atoms with Crippen LogP contribution in [0.3, 0.4) is 0 Å². The van der Waals surface area contributed by atoms with Crippen LogP contribution in [0.15, 0.2) is 36.4 Å². The number of hydrogen-bond acceptors (Lipinski definition) is 3. The lowest BCUT2D eigenvalue weighted by atomic mass is 10.1. The van der Waals surface area contributed by atoms with Gasteiger partial charge in [0.05, 0.1) is 17.3 Å². The Labute approximate surface area is 130 Å². The summed E-state index contributed by atoms with van der Waals surface area (Å²) in [7, 11) is 0. The second-order valence-corrected chi connectivity index (χ2v) is 6.43. The Bertz CT molecular complexity index is 714. The zero-order chi connectivity index (χ0) is 15.1. The van der Waals surface area contributed by atoms with Gasteiger partial charge in [0.15, 0.2) is 0 Å². The quantitative estimate of drug-likeness (QED) is 0.854. The third kappa shape index (κ3) is 2.28. The van der Waals surface area contributed by atoms with Crippen molar-refractivity contribution >= 4 is 16.8 Å². The number of aromatic nitrogens is 1. The Morgan fingerprint density at radius 1 is 1.23 bits per heavy atom. The molecule has 0 bridgehead atoms. The first-order valence-electron chi connectivity index (χ1n) is 8.11. The van der Waals surface area contributed by atoms with Gasteiger partial charge in [-0.05, 0) is 31.9 Å². The van der Waals surface area contributed by atoms with E-state index in [1.807, 2.05) is 25.1 Å². The van der Waals surface area contributed by atoms with Crippen molar-refractivity contribution in [3.8, 4) is 0 Å². The van der Waals surface area contributed by atoms with Crippen LogP contribution in [-0.4, -0.2) is 45.9 Å². The summed E-state index contributed by atoms with van der Waals surface area (Å²) in [6.07, 6.45) is 2.28. The van der Waals surface area contributed by atoms with Gasteiger partial charge in [-0.3, -0.25) is 14.7 Å². The fraction of sp³-hybridized carbons (Fsp3) is 0.444. The molecule has 1 amide bonds. The number of pyridine rings is 1. The molecule has 3 heterocycles. The van der Waals surface area contributed by atoms with Crippen molar-refractivity contribution in [2.75, 3.05) is 13.1 Å². The van der Waals surface area contributed by atoms with Crippen LogP contribution >= 0.6 is 0 Å². The summed E-state index contributed by atoms with van der Waals surface area (Å²) in [6, 6.07) is 12.7. The molecule has 0 radical (unpaired) electrons. The lowest BCUT2D eigenvalue weighted by molar-refractivity contribution is -0.143. The number of benzene rings is 1. The average molecular weight is 295 g/mol. The second-order valence-electron chi connectivity index (χ2n) is 6.43. The van der Waals surface area contributed by atoms with Gasteiger partial charge < -0.3 is 4.90 Å². The molecule has 4 heteroatoms. The van der Waals surface area contributed by atoms with E-state index >= 15 is 0 Å². The van der Waals surface area contributed by atoms with Crippen LogP contribution in [0, 0.1) is 0 Å². The maximum atomic E-state index is 12.5. The molecule has 114 valence electrons. The average Bonchev–Trinajstić information content (AvgIpc) is 3.01. The van der Waals surface area contributed by atoms with Crippen molar-refractivity contribution in [1.82, 2.24) is 14.8 Å². The summed E-state index contributed by atoms with van der Waals surface area (Å²) in [5, 5.41) is 1.16. The molecule has 0 N–H and O–H groups in total. The van der Waals surface area contributed by atoms with Crippen molar-refractivity contribution in [3.05, 3.63) is 42.1 Å². The fourth-order valence-corrected chi connectivity index (χ4v) is 3.75. The van der Waals surface area contributed by atoms with Gasteiger partial charge in [0, 0.05) is 31.1 Å².